The van der Waals surface area contributed by atoms with E-state index in [1.54, 1.807) is 0 Å². The van der Waals surface area contributed by atoms with Crippen LogP contribution >= 0.6 is 0 Å². The summed E-state index contributed by atoms with van der Waals surface area (Å²) in [6, 6.07) is 7.80. The van der Waals surface area contributed by atoms with Crippen molar-refractivity contribution >= 4 is 17.6 Å². The average molecular weight is 374 g/mol. The van der Waals surface area contributed by atoms with Crippen molar-refractivity contribution in [3.05, 3.63) is 29.8 Å². The smallest absolute Gasteiger partial charge is 0.314 e. The van der Waals surface area contributed by atoms with Crippen LogP contribution in [-0.2, 0) is 4.74 Å². The largest absolute Gasteiger partial charge is 0.376 e. The van der Waals surface area contributed by atoms with Gasteiger partial charge in [0.2, 0.25) is 0 Å². The third-order valence-corrected chi connectivity index (χ3v) is 5.17. The highest BCUT2D eigenvalue weighted by atomic mass is 16.5. The number of carbonyl (C=O) groups is 2. The number of amides is 3. The Bertz CT molecular complexity index is 638. The highest BCUT2D eigenvalue weighted by molar-refractivity contribution is 5.99. The Balaban J connectivity index is 1.56. The van der Waals surface area contributed by atoms with Gasteiger partial charge in [0.25, 0.3) is 5.91 Å². The molecule has 2 aliphatic rings. The summed E-state index contributed by atoms with van der Waals surface area (Å²) in [5.74, 6) is -0.0522. The molecule has 27 heavy (non-hydrogen) atoms. The predicted molar refractivity (Wildman–Crippen MR) is 105 cm³/mol. The second-order valence-electron chi connectivity index (χ2n) is 7.13. The molecule has 0 bridgehead atoms. The Hall–Kier alpha value is -2.28. The van der Waals surface area contributed by atoms with Crippen LogP contribution in [0.25, 0.3) is 0 Å². The first kappa shape index (κ1) is 19.5. The maximum atomic E-state index is 12.7. The minimum Gasteiger partial charge on any atom is -0.376 e. The number of ether oxygens (including phenoxy) is 1. The number of rotatable bonds is 6. The van der Waals surface area contributed by atoms with Crippen LogP contribution < -0.4 is 20.9 Å². The van der Waals surface area contributed by atoms with E-state index < -0.39 is 0 Å². The van der Waals surface area contributed by atoms with Crippen LogP contribution in [0.2, 0.25) is 0 Å². The molecule has 2 saturated heterocycles. The number of carbonyl (C=O) groups excluding carboxylic acids is 2. The van der Waals surface area contributed by atoms with Crippen molar-refractivity contribution in [1.82, 2.24) is 16.0 Å². The lowest BCUT2D eigenvalue weighted by Crippen LogP contribution is -2.48. The molecule has 7 heteroatoms. The molecular weight excluding hydrogens is 344 g/mol. The Morgan fingerprint density at radius 2 is 1.93 bits per heavy atom. The van der Waals surface area contributed by atoms with E-state index >= 15 is 0 Å². The summed E-state index contributed by atoms with van der Waals surface area (Å²) in [4.78, 5) is 26.6. The van der Waals surface area contributed by atoms with Gasteiger partial charge in [-0.3, -0.25) is 4.79 Å². The van der Waals surface area contributed by atoms with Crippen molar-refractivity contribution < 1.29 is 14.3 Å². The molecule has 1 aromatic rings. The molecule has 1 atom stereocenters. The van der Waals surface area contributed by atoms with Crippen LogP contribution in [0.5, 0.6) is 0 Å². The van der Waals surface area contributed by atoms with E-state index in [1.165, 1.54) is 0 Å². The fourth-order valence-corrected chi connectivity index (χ4v) is 3.71. The van der Waals surface area contributed by atoms with Gasteiger partial charge >= 0.3 is 6.03 Å². The fraction of sp³-hybridized carbons (Fsp3) is 0.600. The van der Waals surface area contributed by atoms with Gasteiger partial charge in [-0.05, 0) is 44.7 Å². The van der Waals surface area contributed by atoms with Gasteiger partial charge in [0.15, 0.2) is 0 Å². The first-order valence-corrected chi connectivity index (χ1v) is 9.95. The summed E-state index contributed by atoms with van der Waals surface area (Å²) in [6.07, 6.45) is 3.94. The third kappa shape index (κ3) is 5.35. The van der Waals surface area contributed by atoms with Gasteiger partial charge in [-0.25, -0.2) is 4.79 Å². The highest BCUT2D eigenvalue weighted by Gasteiger charge is 2.24. The summed E-state index contributed by atoms with van der Waals surface area (Å²) in [7, 11) is 0. The second-order valence-corrected chi connectivity index (χ2v) is 7.13. The van der Waals surface area contributed by atoms with E-state index in [0.29, 0.717) is 18.7 Å². The number of hydrogen-bond donors (Lipinski definition) is 3. The molecule has 0 saturated carbocycles. The molecule has 2 fully saturated rings. The number of benzene rings is 1. The summed E-state index contributed by atoms with van der Waals surface area (Å²) in [5.41, 5.74) is 1.66. The number of anilines is 1. The molecule has 3 rings (SSSR count). The molecule has 0 radical (unpaired) electrons. The van der Waals surface area contributed by atoms with E-state index in [9.17, 15) is 9.59 Å². The zero-order valence-corrected chi connectivity index (χ0v) is 16.0. The van der Waals surface area contributed by atoms with Crippen LogP contribution in [0.4, 0.5) is 10.5 Å². The molecular formula is C20H30N4O3. The third-order valence-electron chi connectivity index (χ3n) is 5.17. The van der Waals surface area contributed by atoms with Crippen LogP contribution in [0.3, 0.4) is 0 Å². The summed E-state index contributed by atoms with van der Waals surface area (Å²) in [6.45, 7) is 5.50. The summed E-state index contributed by atoms with van der Waals surface area (Å²) < 4.78 is 5.58. The first-order chi connectivity index (χ1) is 13.2. The van der Waals surface area contributed by atoms with Gasteiger partial charge in [-0.2, -0.15) is 0 Å². The first-order valence-electron chi connectivity index (χ1n) is 9.95. The Labute approximate surface area is 160 Å². The lowest BCUT2D eigenvalue weighted by atomic mass is 10.0. The van der Waals surface area contributed by atoms with Crippen LogP contribution in [0.1, 0.15) is 43.0 Å². The minimum absolute atomic E-state index is 0.0522. The average Bonchev–Trinajstić information content (AvgIpc) is 3.20. The number of nitrogens with one attached hydrogen (secondary N) is 3. The molecule has 2 aliphatic heterocycles. The minimum atomic E-state index is -0.107. The Morgan fingerprint density at radius 3 is 2.63 bits per heavy atom. The van der Waals surface area contributed by atoms with Crippen molar-refractivity contribution in [1.29, 1.82) is 0 Å². The number of piperidine rings is 1. The van der Waals surface area contributed by atoms with Gasteiger partial charge < -0.3 is 25.6 Å². The molecule has 3 amide bonds. The quantitative estimate of drug-likeness (QED) is 0.710. The molecule has 1 unspecified atom stereocenters. The highest BCUT2D eigenvalue weighted by Crippen LogP contribution is 2.24. The Morgan fingerprint density at radius 1 is 1.15 bits per heavy atom. The monoisotopic (exact) mass is 374 g/mol. The van der Waals surface area contributed by atoms with E-state index in [1.807, 2.05) is 31.2 Å². The van der Waals surface area contributed by atoms with Crippen molar-refractivity contribution in [3.63, 3.8) is 0 Å². The van der Waals surface area contributed by atoms with Gasteiger partial charge in [0.05, 0.1) is 11.7 Å². The predicted octanol–water partition coefficient (Wildman–Crippen LogP) is 1.88. The molecule has 0 spiro atoms. The number of hydrogen-bond acceptors (Lipinski definition) is 4. The topological polar surface area (TPSA) is 82.7 Å². The maximum absolute atomic E-state index is 12.7. The molecule has 0 aliphatic carbocycles. The van der Waals surface area contributed by atoms with Crippen LogP contribution in [0.15, 0.2) is 24.3 Å². The number of nitrogens with zero attached hydrogens (tertiary/aromatic N) is 1. The van der Waals surface area contributed by atoms with Crippen molar-refractivity contribution in [2.45, 2.75) is 44.8 Å². The molecule has 3 N–H and O–H groups in total. The standard InChI is InChI=1S/C20H30N4O3/c1-2-21-20(26)23-15-9-11-24(12-10-15)18-8-4-3-7-17(18)19(25)22-14-16-6-5-13-27-16/h3-4,7-8,15-16H,2,5-6,9-14H2,1H3,(H,22,25)(H2,21,23,26). The molecule has 1 aromatic carbocycles. The lowest BCUT2D eigenvalue weighted by molar-refractivity contribution is 0.0858. The van der Waals surface area contributed by atoms with Gasteiger partial charge in [0, 0.05) is 44.5 Å². The molecule has 2 heterocycles. The zero-order chi connectivity index (χ0) is 19.1. The zero-order valence-electron chi connectivity index (χ0n) is 16.0. The second kappa shape index (κ2) is 9.60. The van der Waals surface area contributed by atoms with Gasteiger partial charge in [-0.15, -0.1) is 0 Å². The molecule has 7 nitrogen and oxygen atoms in total. The summed E-state index contributed by atoms with van der Waals surface area (Å²) in [5, 5.41) is 8.79. The van der Waals surface area contributed by atoms with Crippen molar-refractivity contribution in [2.75, 3.05) is 37.7 Å². The van der Waals surface area contributed by atoms with Crippen LogP contribution in [0, 0.1) is 0 Å². The van der Waals surface area contributed by atoms with Crippen LogP contribution in [-0.4, -0.2) is 56.9 Å². The van der Waals surface area contributed by atoms with E-state index in [4.69, 9.17) is 4.74 Å². The van der Waals surface area contributed by atoms with Gasteiger partial charge in [-0.1, -0.05) is 12.1 Å². The normalized spacial score (nSPS) is 20.3. The summed E-state index contributed by atoms with van der Waals surface area (Å²) >= 11 is 0. The lowest BCUT2D eigenvalue weighted by Gasteiger charge is -2.34. The molecule has 0 aromatic heterocycles. The van der Waals surface area contributed by atoms with Crippen molar-refractivity contribution in [3.8, 4) is 0 Å². The molecule has 148 valence electrons. The SMILES string of the molecule is CCNC(=O)NC1CCN(c2ccccc2C(=O)NCC2CCCO2)CC1. The van der Waals surface area contributed by atoms with Crippen molar-refractivity contribution in [2.24, 2.45) is 0 Å². The van der Waals surface area contributed by atoms with Gasteiger partial charge in [0.1, 0.15) is 0 Å². The Kier molecular flexibility index (Phi) is 6.92. The maximum Gasteiger partial charge on any atom is 0.314 e. The van der Waals surface area contributed by atoms with E-state index in [2.05, 4.69) is 20.9 Å². The van der Waals surface area contributed by atoms with E-state index in [0.717, 1.165) is 51.1 Å². The number of para-hydroxylation sites is 1. The fourth-order valence-electron chi connectivity index (χ4n) is 3.71. The number of urea groups is 1. The van der Waals surface area contributed by atoms with E-state index in [-0.39, 0.29) is 24.1 Å².